The first kappa shape index (κ1) is 15.5. The van der Waals surface area contributed by atoms with Crippen LogP contribution in [0.15, 0.2) is 0 Å². The lowest BCUT2D eigenvalue weighted by Crippen LogP contribution is -2.46. The molecule has 3 heterocycles. The van der Waals surface area contributed by atoms with Crippen LogP contribution in [0.5, 0.6) is 0 Å². The average molecular weight is 322 g/mol. The van der Waals surface area contributed by atoms with Crippen LogP contribution in [0.25, 0.3) is 0 Å². The first-order chi connectivity index (χ1) is 10.6. The first-order valence-corrected chi connectivity index (χ1v) is 8.48. The molecular weight excluding hydrogens is 300 g/mol. The molecule has 2 N–H and O–H groups in total. The maximum atomic E-state index is 13.0. The molecule has 0 saturated carbocycles. The highest BCUT2D eigenvalue weighted by atomic mass is 32.1. The fourth-order valence-electron chi connectivity index (χ4n) is 3.03. The van der Waals surface area contributed by atoms with E-state index >= 15 is 0 Å². The third-order valence-electron chi connectivity index (χ3n) is 4.16. The number of nitrogens with one attached hydrogen (secondary N) is 2. The molecule has 1 saturated heterocycles. The van der Waals surface area contributed by atoms with E-state index in [9.17, 15) is 9.59 Å². The van der Waals surface area contributed by atoms with Crippen molar-refractivity contribution in [1.82, 2.24) is 15.1 Å². The van der Waals surface area contributed by atoms with Crippen molar-refractivity contribution >= 4 is 28.2 Å². The zero-order valence-electron chi connectivity index (χ0n) is 13.1. The summed E-state index contributed by atoms with van der Waals surface area (Å²) in [5, 5.41) is 6.84. The molecule has 0 bridgehead atoms. The predicted octanol–water partition coefficient (Wildman–Crippen LogP) is 0.740. The van der Waals surface area contributed by atoms with Crippen molar-refractivity contribution in [2.75, 3.05) is 45.1 Å². The predicted molar refractivity (Wildman–Crippen MR) is 87.4 cm³/mol. The van der Waals surface area contributed by atoms with E-state index in [-0.39, 0.29) is 11.8 Å². The number of fused-ring (bicyclic) bond motifs is 1. The Kier molecular flexibility index (Phi) is 4.46. The largest absolute Gasteiger partial charge is 0.336 e. The minimum Gasteiger partial charge on any atom is -0.336 e. The summed E-state index contributed by atoms with van der Waals surface area (Å²) >= 11 is 1.55. The normalized spacial score (nSPS) is 18.9. The zero-order valence-corrected chi connectivity index (χ0v) is 13.9. The number of nitrogens with zero attached hydrogens (tertiary/aromatic N) is 2. The molecule has 1 aromatic rings. The minimum absolute atomic E-state index is 0.0623. The summed E-state index contributed by atoms with van der Waals surface area (Å²) in [6.45, 7) is 6.40. The molecule has 7 heteroatoms. The summed E-state index contributed by atoms with van der Waals surface area (Å²) in [6, 6.07) is 0. The number of hydrogen-bond acceptors (Lipinski definition) is 5. The van der Waals surface area contributed by atoms with Crippen LogP contribution < -0.4 is 10.6 Å². The molecule has 3 rings (SSSR count). The minimum atomic E-state index is -0.124. The lowest BCUT2D eigenvalue weighted by molar-refractivity contribution is -0.114. The summed E-state index contributed by atoms with van der Waals surface area (Å²) in [5.74, 6) is -0.0615. The van der Waals surface area contributed by atoms with Gasteiger partial charge in [-0.25, -0.2) is 0 Å². The van der Waals surface area contributed by atoms with Gasteiger partial charge in [0.2, 0.25) is 5.91 Å². The highest BCUT2D eigenvalue weighted by Gasteiger charge is 2.30. The van der Waals surface area contributed by atoms with Crippen molar-refractivity contribution in [3.8, 4) is 0 Å². The van der Waals surface area contributed by atoms with E-state index in [0.29, 0.717) is 0 Å². The molecular formula is C15H22N4O2S. The Bertz CT molecular complexity index is 593. The number of anilines is 1. The summed E-state index contributed by atoms with van der Waals surface area (Å²) in [5.41, 5.74) is 1.86. The van der Waals surface area contributed by atoms with Crippen molar-refractivity contribution in [2.24, 2.45) is 0 Å². The van der Waals surface area contributed by atoms with Crippen molar-refractivity contribution in [3.63, 3.8) is 0 Å². The number of likely N-dealkylation sites (N-methyl/N-ethyl adjacent to an activating group) is 1. The number of thiophene rings is 1. The quantitative estimate of drug-likeness (QED) is 0.843. The Morgan fingerprint density at radius 3 is 2.64 bits per heavy atom. The van der Waals surface area contributed by atoms with Gasteiger partial charge < -0.3 is 20.4 Å². The third-order valence-corrected chi connectivity index (χ3v) is 5.29. The lowest BCUT2D eigenvalue weighted by Gasteiger charge is -2.29. The number of carbonyl (C=O) groups is 2. The zero-order chi connectivity index (χ0) is 15.7. The van der Waals surface area contributed by atoms with E-state index in [4.69, 9.17) is 0 Å². The standard InChI is InChI=1S/C15H22N4O2S/c1-10(20)17-14-13(15(21)19-7-4-16-5-8-19)11-3-6-18(2)9-12(11)22-14/h16H,3-9H2,1-2H3,(H,17,20). The maximum Gasteiger partial charge on any atom is 0.257 e. The van der Waals surface area contributed by atoms with Gasteiger partial charge in [-0.2, -0.15) is 0 Å². The number of rotatable bonds is 2. The van der Waals surface area contributed by atoms with Crippen molar-refractivity contribution < 1.29 is 9.59 Å². The summed E-state index contributed by atoms with van der Waals surface area (Å²) < 4.78 is 0. The molecule has 6 nitrogen and oxygen atoms in total. The van der Waals surface area contributed by atoms with Crippen LogP contribution in [0, 0.1) is 0 Å². The van der Waals surface area contributed by atoms with E-state index in [1.807, 2.05) is 4.90 Å². The van der Waals surface area contributed by atoms with Crippen LogP contribution >= 0.6 is 11.3 Å². The highest BCUT2D eigenvalue weighted by Crippen LogP contribution is 2.37. The van der Waals surface area contributed by atoms with Gasteiger partial charge in [0.05, 0.1) is 5.56 Å². The van der Waals surface area contributed by atoms with Crippen molar-refractivity contribution in [1.29, 1.82) is 0 Å². The van der Waals surface area contributed by atoms with Crippen LogP contribution in [-0.2, 0) is 17.8 Å². The molecule has 2 aliphatic heterocycles. The van der Waals surface area contributed by atoms with Gasteiger partial charge in [-0.3, -0.25) is 9.59 Å². The van der Waals surface area contributed by atoms with Crippen molar-refractivity contribution in [3.05, 3.63) is 16.0 Å². The molecule has 2 amide bonds. The summed E-state index contributed by atoms with van der Waals surface area (Å²) in [6.07, 6.45) is 0.870. The molecule has 0 spiro atoms. The third kappa shape index (κ3) is 3.02. The van der Waals surface area contributed by atoms with Gasteiger partial charge in [0.15, 0.2) is 0 Å². The maximum absolute atomic E-state index is 13.0. The fraction of sp³-hybridized carbons (Fsp3) is 0.600. The smallest absolute Gasteiger partial charge is 0.257 e. The van der Waals surface area contributed by atoms with Crippen LogP contribution in [-0.4, -0.2) is 61.4 Å². The Morgan fingerprint density at radius 2 is 1.95 bits per heavy atom. The van der Waals surface area contributed by atoms with Crippen LogP contribution in [0.3, 0.4) is 0 Å². The topological polar surface area (TPSA) is 64.7 Å². The van der Waals surface area contributed by atoms with Crippen LogP contribution in [0.1, 0.15) is 27.7 Å². The van der Waals surface area contributed by atoms with Gasteiger partial charge in [-0.15, -0.1) is 11.3 Å². The molecule has 1 fully saturated rings. The molecule has 120 valence electrons. The number of carbonyl (C=O) groups excluding carboxylic acids is 2. The van der Waals surface area contributed by atoms with E-state index in [1.54, 1.807) is 11.3 Å². The van der Waals surface area contributed by atoms with E-state index in [0.717, 1.165) is 61.8 Å². The van der Waals surface area contributed by atoms with Gasteiger partial charge >= 0.3 is 0 Å². The molecule has 0 atom stereocenters. The molecule has 22 heavy (non-hydrogen) atoms. The second-order valence-electron chi connectivity index (χ2n) is 5.92. The fourth-order valence-corrected chi connectivity index (χ4v) is 4.40. The monoisotopic (exact) mass is 322 g/mol. The van der Waals surface area contributed by atoms with Gasteiger partial charge in [0.25, 0.3) is 5.91 Å². The average Bonchev–Trinajstić information content (AvgIpc) is 2.83. The Balaban J connectivity index is 1.96. The summed E-state index contributed by atoms with van der Waals surface area (Å²) in [4.78, 5) is 29.8. The summed E-state index contributed by atoms with van der Waals surface area (Å²) in [7, 11) is 2.08. The molecule has 1 aromatic heterocycles. The molecule has 0 aliphatic carbocycles. The molecule has 0 radical (unpaired) electrons. The van der Waals surface area contributed by atoms with Gasteiger partial charge in [-0.05, 0) is 19.0 Å². The number of amides is 2. The van der Waals surface area contributed by atoms with E-state index < -0.39 is 0 Å². The molecule has 0 aromatic carbocycles. The van der Waals surface area contributed by atoms with E-state index in [2.05, 4.69) is 22.6 Å². The molecule has 0 unspecified atom stereocenters. The van der Waals surface area contributed by atoms with Crippen molar-refractivity contribution in [2.45, 2.75) is 19.9 Å². The highest BCUT2D eigenvalue weighted by molar-refractivity contribution is 7.17. The molecule has 2 aliphatic rings. The Labute approximate surface area is 134 Å². The van der Waals surface area contributed by atoms with Gasteiger partial charge in [0, 0.05) is 51.1 Å². The lowest BCUT2D eigenvalue weighted by atomic mass is 10.0. The first-order valence-electron chi connectivity index (χ1n) is 7.67. The second-order valence-corrected chi connectivity index (χ2v) is 7.02. The Morgan fingerprint density at radius 1 is 1.23 bits per heavy atom. The van der Waals surface area contributed by atoms with Crippen LogP contribution in [0.2, 0.25) is 0 Å². The van der Waals surface area contributed by atoms with Gasteiger partial charge in [0.1, 0.15) is 5.00 Å². The second kappa shape index (κ2) is 6.36. The SMILES string of the molecule is CC(=O)Nc1sc2c(c1C(=O)N1CCNCC1)CCN(C)C2. The van der Waals surface area contributed by atoms with Gasteiger partial charge in [-0.1, -0.05) is 0 Å². The Hall–Kier alpha value is -1.44. The number of hydrogen-bond donors (Lipinski definition) is 2. The number of piperazine rings is 1. The van der Waals surface area contributed by atoms with Crippen LogP contribution in [0.4, 0.5) is 5.00 Å². The van der Waals surface area contributed by atoms with E-state index in [1.165, 1.54) is 11.8 Å².